The number of rotatable bonds is 6. The van der Waals surface area contributed by atoms with Crippen LogP contribution in [0.15, 0.2) is 30.3 Å². The SMILES string of the molecule is COc1cc(N2CCc3nc(NC(=O)Nc4ccccc4OC(F)(F)F)sc3C2)nc(OC)n1. The first-order chi connectivity index (χ1) is 16.2. The Kier molecular flexibility index (Phi) is 6.58. The van der Waals surface area contributed by atoms with E-state index in [1.54, 1.807) is 6.07 Å². The maximum Gasteiger partial charge on any atom is 0.573 e. The summed E-state index contributed by atoms with van der Waals surface area (Å²) in [5.41, 5.74) is 0.696. The number of carbonyl (C=O) groups excluding carboxylic acids is 1. The standard InChI is InChI=1S/C20H19F3N6O4S/c1-31-16-9-15(26-18(27-16)32-2)29-8-7-12-14(10-29)34-19(25-12)28-17(30)24-11-5-3-4-6-13(11)33-20(21,22)23/h3-6,9H,7-8,10H2,1-2H3,(H2,24,25,28,30). The summed E-state index contributed by atoms with van der Waals surface area (Å²) < 4.78 is 52.0. The average Bonchev–Trinajstić information content (AvgIpc) is 3.20. The first kappa shape index (κ1) is 23.4. The van der Waals surface area contributed by atoms with Gasteiger partial charge in [0.1, 0.15) is 5.82 Å². The number of carbonyl (C=O) groups is 1. The van der Waals surface area contributed by atoms with Crippen molar-refractivity contribution in [3.05, 3.63) is 40.9 Å². The van der Waals surface area contributed by atoms with Gasteiger partial charge in [-0.15, -0.1) is 13.2 Å². The second-order valence-electron chi connectivity index (χ2n) is 6.94. The number of anilines is 3. The summed E-state index contributed by atoms with van der Waals surface area (Å²) in [6.07, 6.45) is -4.28. The zero-order valence-corrected chi connectivity index (χ0v) is 18.8. The van der Waals surface area contributed by atoms with Gasteiger partial charge in [-0.2, -0.15) is 9.97 Å². The number of ether oxygens (including phenoxy) is 3. The van der Waals surface area contributed by atoms with E-state index >= 15 is 0 Å². The van der Waals surface area contributed by atoms with Gasteiger partial charge in [0.2, 0.25) is 5.88 Å². The summed E-state index contributed by atoms with van der Waals surface area (Å²) >= 11 is 1.26. The van der Waals surface area contributed by atoms with E-state index in [1.165, 1.54) is 43.8 Å². The number of nitrogens with zero attached hydrogens (tertiary/aromatic N) is 4. The summed E-state index contributed by atoms with van der Waals surface area (Å²) in [4.78, 5) is 28.2. The Morgan fingerprint density at radius 2 is 1.91 bits per heavy atom. The number of methoxy groups -OCH3 is 2. The van der Waals surface area contributed by atoms with Crippen molar-refractivity contribution in [3.8, 4) is 17.6 Å². The van der Waals surface area contributed by atoms with E-state index in [4.69, 9.17) is 9.47 Å². The van der Waals surface area contributed by atoms with E-state index in [0.717, 1.165) is 16.6 Å². The van der Waals surface area contributed by atoms with E-state index in [1.807, 2.05) is 4.90 Å². The molecule has 10 nitrogen and oxygen atoms in total. The summed E-state index contributed by atoms with van der Waals surface area (Å²) in [5, 5.41) is 5.24. The predicted molar refractivity (Wildman–Crippen MR) is 118 cm³/mol. The molecule has 0 fully saturated rings. The normalized spacial score (nSPS) is 13.1. The molecule has 0 bridgehead atoms. The van der Waals surface area contributed by atoms with Crippen LogP contribution >= 0.6 is 11.3 Å². The number of para-hydroxylation sites is 2. The molecule has 1 aromatic carbocycles. The second kappa shape index (κ2) is 9.59. The number of amides is 2. The molecular formula is C20H19F3N6O4S. The van der Waals surface area contributed by atoms with Crippen molar-refractivity contribution in [3.63, 3.8) is 0 Å². The van der Waals surface area contributed by atoms with Gasteiger partial charge in [0.15, 0.2) is 10.9 Å². The largest absolute Gasteiger partial charge is 0.573 e. The van der Waals surface area contributed by atoms with Crippen molar-refractivity contribution >= 4 is 34.0 Å². The molecule has 4 rings (SSSR count). The van der Waals surface area contributed by atoms with Crippen LogP contribution in [0.4, 0.5) is 34.6 Å². The van der Waals surface area contributed by atoms with Crippen molar-refractivity contribution in [2.75, 3.05) is 36.3 Å². The van der Waals surface area contributed by atoms with Gasteiger partial charge in [-0.05, 0) is 12.1 Å². The van der Waals surface area contributed by atoms with Gasteiger partial charge in [-0.3, -0.25) is 5.32 Å². The third-order valence-corrected chi connectivity index (χ3v) is 5.69. The number of alkyl halides is 3. The minimum absolute atomic E-state index is 0.128. The zero-order chi connectivity index (χ0) is 24.3. The molecular weight excluding hydrogens is 477 g/mol. The highest BCUT2D eigenvalue weighted by molar-refractivity contribution is 7.15. The fraction of sp³-hybridized carbons (Fsp3) is 0.300. The molecule has 1 aliphatic heterocycles. The highest BCUT2D eigenvalue weighted by Gasteiger charge is 2.32. The van der Waals surface area contributed by atoms with Crippen molar-refractivity contribution in [2.45, 2.75) is 19.3 Å². The molecule has 0 saturated heterocycles. The van der Waals surface area contributed by atoms with Gasteiger partial charge in [-0.1, -0.05) is 23.5 Å². The Balaban J connectivity index is 1.44. The summed E-state index contributed by atoms with van der Waals surface area (Å²) in [7, 11) is 2.96. The number of benzene rings is 1. The van der Waals surface area contributed by atoms with Crippen LogP contribution in [0.5, 0.6) is 17.6 Å². The number of aromatic nitrogens is 3. The van der Waals surface area contributed by atoms with Crippen molar-refractivity contribution < 1.29 is 32.2 Å². The van der Waals surface area contributed by atoms with Crippen molar-refractivity contribution in [1.29, 1.82) is 0 Å². The van der Waals surface area contributed by atoms with Crippen LogP contribution in [-0.4, -0.2) is 48.1 Å². The molecule has 180 valence electrons. The van der Waals surface area contributed by atoms with Gasteiger partial charge < -0.3 is 24.4 Å². The molecule has 0 atom stereocenters. The Hall–Kier alpha value is -3.81. The fourth-order valence-electron chi connectivity index (χ4n) is 3.23. The summed E-state index contributed by atoms with van der Waals surface area (Å²) in [6.45, 7) is 1.11. The highest BCUT2D eigenvalue weighted by Crippen LogP contribution is 2.33. The molecule has 14 heteroatoms. The second-order valence-corrected chi connectivity index (χ2v) is 8.02. The van der Waals surface area contributed by atoms with Crippen molar-refractivity contribution in [1.82, 2.24) is 15.0 Å². The lowest BCUT2D eigenvalue weighted by Crippen LogP contribution is -2.30. The number of hydrogen-bond donors (Lipinski definition) is 2. The molecule has 1 aliphatic rings. The molecule has 2 aromatic heterocycles. The molecule has 0 radical (unpaired) electrons. The number of fused-ring (bicyclic) bond motifs is 1. The number of thiazole rings is 1. The lowest BCUT2D eigenvalue weighted by molar-refractivity contribution is -0.274. The van der Waals surface area contributed by atoms with Crippen molar-refractivity contribution in [2.24, 2.45) is 0 Å². The maximum absolute atomic E-state index is 12.6. The summed E-state index contributed by atoms with van der Waals surface area (Å²) in [6, 6.07) is 6.39. The molecule has 34 heavy (non-hydrogen) atoms. The number of nitrogens with one attached hydrogen (secondary N) is 2. The monoisotopic (exact) mass is 496 g/mol. The minimum Gasteiger partial charge on any atom is -0.481 e. The number of halogens is 3. The van der Waals surface area contributed by atoms with Crippen LogP contribution in [-0.2, 0) is 13.0 Å². The summed E-state index contributed by atoms with van der Waals surface area (Å²) in [5.74, 6) is 0.469. The number of urea groups is 1. The Bertz CT molecular complexity index is 1170. The van der Waals surface area contributed by atoms with Gasteiger partial charge in [0, 0.05) is 23.9 Å². The van der Waals surface area contributed by atoms with Gasteiger partial charge in [0.05, 0.1) is 32.1 Å². The predicted octanol–water partition coefficient (Wildman–Crippen LogP) is 4.06. The zero-order valence-electron chi connectivity index (χ0n) is 18.0. The van der Waals surface area contributed by atoms with Crippen LogP contribution in [0.25, 0.3) is 0 Å². The highest BCUT2D eigenvalue weighted by atomic mass is 32.1. The van der Waals surface area contributed by atoms with Gasteiger partial charge in [-0.25, -0.2) is 9.78 Å². The van der Waals surface area contributed by atoms with Crippen LogP contribution in [0.3, 0.4) is 0 Å². The van der Waals surface area contributed by atoms with E-state index in [2.05, 4.69) is 30.3 Å². The lowest BCUT2D eigenvalue weighted by Gasteiger charge is -2.27. The van der Waals surface area contributed by atoms with Crippen LogP contribution in [0.1, 0.15) is 10.6 Å². The van der Waals surface area contributed by atoms with Gasteiger partial charge in [0.25, 0.3) is 0 Å². The Morgan fingerprint density at radius 3 is 2.65 bits per heavy atom. The number of hydrogen-bond acceptors (Lipinski definition) is 9. The third-order valence-electron chi connectivity index (χ3n) is 4.70. The van der Waals surface area contributed by atoms with Crippen LogP contribution in [0.2, 0.25) is 0 Å². The maximum atomic E-state index is 12.6. The van der Waals surface area contributed by atoms with E-state index in [0.29, 0.717) is 36.3 Å². The average molecular weight is 496 g/mol. The fourth-order valence-corrected chi connectivity index (χ4v) is 4.25. The molecule has 0 unspecified atom stereocenters. The van der Waals surface area contributed by atoms with E-state index in [-0.39, 0.29) is 11.7 Å². The third kappa shape index (κ3) is 5.57. The molecule has 2 amide bonds. The topological polar surface area (TPSA) is 111 Å². The molecule has 0 saturated carbocycles. The molecule has 3 aromatic rings. The first-order valence-corrected chi connectivity index (χ1v) is 10.7. The minimum atomic E-state index is -4.88. The van der Waals surface area contributed by atoms with Crippen LogP contribution < -0.4 is 29.7 Å². The molecule has 3 heterocycles. The molecule has 2 N–H and O–H groups in total. The molecule has 0 spiro atoms. The van der Waals surface area contributed by atoms with Gasteiger partial charge >= 0.3 is 18.4 Å². The van der Waals surface area contributed by atoms with Crippen LogP contribution in [0, 0.1) is 0 Å². The lowest BCUT2D eigenvalue weighted by atomic mass is 10.2. The van der Waals surface area contributed by atoms with E-state index < -0.39 is 18.1 Å². The van der Waals surface area contributed by atoms with E-state index in [9.17, 15) is 18.0 Å². The molecule has 0 aliphatic carbocycles. The Morgan fingerprint density at radius 1 is 1.12 bits per heavy atom. The quantitative estimate of drug-likeness (QED) is 0.526. The smallest absolute Gasteiger partial charge is 0.481 e. The first-order valence-electron chi connectivity index (χ1n) is 9.87. The Labute approximate surface area is 195 Å².